The van der Waals surface area contributed by atoms with Crippen molar-refractivity contribution in [2.45, 2.75) is 0 Å². The van der Waals surface area contributed by atoms with E-state index in [1.807, 2.05) is 0 Å². The van der Waals surface area contributed by atoms with Crippen molar-refractivity contribution in [1.29, 1.82) is 0 Å². The highest BCUT2D eigenvalue weighted by Gasteiger charge is 2.27. The molecular weight excluding hydrogens is 314 g/mol. The van der Waals surface area contributed by atoms with Gasteiger partial charge < -0.3 is 10.1 Å². The molecule has 6 nitrogen and oxygen atoms in total. The van der Waals surface area contributed by atoms with Crippen molar-refractivity contribution >= 4 is 21.8 Å². The van der Waals surface area contributed by atoms with E-state index in [1.165, 1.54) is 8.61 Å². The van der Waals surface area contributed by atoms with Gasteiger partial charge >= 0.3 is 0 Å². The van der Waals surface area contributed by atoms with Crippen molar-refractivity contribution in [3.63, 3.8) is 0 Å². The second kappa shape index (κ2) is 7.42. The van der Waals surface area contributed by atoms with E-state index < -0.39 is 10.2 Å². The fourth-order valence-electron chi connectivity index (χ4n) is 2.04. The molecule has 1 aliphatic heterocycles. The molecule has 0 radical (unpaired) electrons. The Balaban J connectivity index is 1.84. The molecule has 1 aromatic carbocycles. The maximum absolute atomic E-state index is 12.3. The van der Waals surface area contributed by atoms with Gasteiger partial charge in [0.15, 0.2) is 0 Å². The minimum absolute atomic E-state index is 0.280. The first-order valence-electron chi connectivity index (χ1n) is 6.80. The monoisotopic (exact) mass is 333 g/mol. The fourth-order valence-corrected chi connectivity index (χ4v) is 3.56. The van der Waals surface area contributed by atoms with Crippen molar-refractivity contribution in [1.82, 2.24) is 13.9 Å². The highest BCUT2D eigenvalue weighted by Crippen LogP contribution is 2.17. The van der Waals surface area contributed by atoms with E-state index >= 15 is 0 Å². The van der Waals surface area contributed by atoms with Crippen LogP contribution >= 0.6 is 11.6 Å². The summed E-state index contributed by atoms with van der Waals surface area (Å²) in [6.07, 6.45) is 0. The van der Waals surface area contributed by atoms with Crippen LogP contribution in [0.3, 0.4) is 0 Å². The summed E-state index contributed by atoms with van der Waals surface area (Å²) >= 11 is 5.86. The van der Waals surface area contributed by atoms with E-state index in [2.05, 4.69) is 5.32 Å². The molecular formula is C13H20ClN3O3S. The smallest absolute Gasteiger partial charge is 0.281 e. The van der Waals surface area contributed by atoms with Crippen LogP contribution in [0.1, 0.15) is 0 Å². The molecule has 1 saturated heterocycles. The van der Waals surface area contributed by atoms with Gasteiger partial charge in [0.1, 0.15) is 12.4 Å². The summed E-state index contributed by atoms with van der Waals surface area (Å²) in [5.41, 5.74) is 0. The molecule has 0 bridgehead atoms. The van der Waals surface area contributed by atoms with Crippen LogP contribution in [0.5, 0.6) is 5.75 Å². The number of rotatable bonds is 6. The lowest BCUT2D eigenvalue weighted by molar-refractivity contribution is 0.271. The van der Waals surface area contributed by atoms with Gasteiger partial charge in [0.2, 0.25) is 0 Å². The van der Waals surface area contributed by atoms with Crippen LogP contribution in [-0.2, 0) is 10.2 Å². The first-order valence-corrected chi connectivity index (χ1v) is 8.58. The molecule has 8 heteroatoms. The van der Waals surface area contributed by atoms with E-state index in [0.717, 1.165) is 0 Å². The summed E-state index contributed by atoms with van der Waals surface area (Å²) < 4.78 is 33.0. The van der Waals surface area contributed by atoms with Gasteiger partial charge in [-0.1, -0.05) is 17.7 Å². The largest absolute Gasteiger partial charge is 0.492 e. The molecule has 2 rings (SSSR count). The second-order valence-corrected chi connectivity index (χ2v) is 7.26. The lowest BCUT2D eigenvalue weighted by Crippen LogP contribution is -2.51. The quantitative estimate of drug-likeness (QED) is 0.836. The molecule has 21 heavy (non-hydrogen) atoms. The zero-order chi connectivity index (χ0) is 15.3. The molecule has 0 amide bonds. The van der Waals surface area contributed by atoms with E-state index in [9.17, 15) is 8.42 Å². The molecule has 1 heterocycles. The molecule has 0 atom stereocenters. The summed E-state index contributed by atoms with van der Waals surface area (Å²) in [7, 11) is -1.84. The Morgan fingerprint density at radius 1 is 1.38 bits per heavy atom. The minimum Gasteiger partial charge on any atom is -0.492 e. The predicted molar refractivity (Wildman–Crippen MR) is 82.9 cm³/mol. The fraction of sp³-hybridized carbons (Fsp3) is 0.538. The Morgan fingerprint density at radius 2 is 2.10 bits per heavy atom. The summed E-state index contributed by atoms with van der Waals surface area (Å²) in [5.74, 6) is 0.635. The van der Waals surface area contributed by atoms with Crippen LogP contribution in [0.4, 0.5) is 0 Å². The third kappa shape index (κ3) is 4.55. The zero-order valence-electron chi connectivity index (χ0n) is 12.0. The van der Waals surface area contributed by atoms with E-state index in [-0.39, 0.29) is 6.61 Å². The number of piperazine rings is 1. The van der Waals surface area contributed by atoms with Crippen molar-refractivity contribution in [2.75, 3.05) is 46.4 Å². The highest BCUT2D eigenvalue weighted by atomic mass is 35.5. The maximum Gasteiger partial charge on any atom is 0.281 e. The molecule has 1 N–H and O–H groups in total. The molecule has 0 saturated carbocycles. The summed E-state index contributed by atoms with van der Waals surface area (Å²) in [4.78, 5) is 0. The Labute approximate surface area is 130 Å². The van der Waals surface area contributed by atoms with Crippen molar-refractivity contribution < 1.29 is 13.2 Å². The SMILES string of the molecule is CN(CCOc1cccc(Cl)c1)S(=O)(=O)N1CCNCC1. The highest BCUT2D eigenvalue weighted by molar-refractivity contribution is 7.86. The molecule has 0 aliphatic carbocycles. The Kier molecular flexibility index (Phi) is 5.83. The van der Waals surface area contributed by atoms with E-state index in [1.54, 1.807) is 31.3 Å². The number of likely N-dealkylation sites (N-methyl/N-ethyl adjacent to an activating group) is 1. The van der Waals surface area contributed by atoms with Crippen LogP contribution in [0.25, 0.3) is 0 Å². The van der Waals surface area contributed by atoms with Crippen LogP contribution in [0.15, 0.2) is 24.3 Å². The number of nitrogens with one attached hydrogen (secondary N) is 1. The van der Waals surface area contributed by atoms with Gasteiger partial charge in [0.05, 0.1) is 0 Å². The van der Waals surface area contributed by atoms with Gasteiger partial charge in [-0.25, -0.2) is 0 Å². The molecule has 0 spiro atoms. The number of hydrogen-bond donors (Lipinski definition) is 1. The van der Waals surface area contributed by atoms with Crippen molar-refractivity contribution in [3.05, 3.63) is 29.3 Å². The zero-order valence-corrected chi connectivity index (χ0v) is 13.5. The molecule has 1 aliphatic rings. The van der Waals surface area contributed by atoms with Gasteiger partial charge in [0.25, 0.3) is 10.2 Å². The molecule has 118 valence electrons. The maximum atomic E-state index is 12.3. The third-order valence-corrected chi connectivity index (χ3v) is 5.49. The van der Waals surface area contributed by atoms with E-state index in [0.29, 0.717) is 43.5 Å². The van der Waals surface area contributed by atoms with Crippen LogP contribution in [0.2, 0.25) is 5.02 Å². The van der Waals surface area contributed by atoms with E-state index in [4.69, 9.17) is 16.3 Å². The Bertz CT molecular complexity index is 562. The average Bonchev–Trinajstić information content (AvgIpc) is 2.48. The lowest BCUT2D eigenvalue weighted by Gasteiger charge is -2.30. The lowest BCUT2D eigenvalue weighted by atomic mass is 10.3. The topological polar surface area (TPSA) is 61.9 Å². The normalized spacial score (nSPS) is 17.1. The second-order valence-electron chi connectivity index (χ2n) is 4.78. The van der Waals surface area contributed by atoms with Crippen LogP contribution in [-0.4, -0.2) is 63.4 Å². The number of hydrogen-bond acceptors (Lipinski definition) is 4. The van der Waals surface area contributed by atoms with Gasteiger partial charge in [-0.2, -0.15) is 17.0 Å². The molecule has 0 unspecified atom stereocenters. The van der Waals surface area contributed by atoms with Crippen molar-refractivity contribution in [3.8, 4) is 5.75 Å². The molecule has 0 aromatic heterocycles. The molecule has 1 aromatic rings. The predicted octanol–water partition coefficient (Wildman–Crippen LogP) is 0.801. The number of halogens is 1. The summed E-state index contributed by atoms with van der Waals surface area (Å²) in [6.45, 7) is 2.95. The third-order valence-electron chi connectivity index (χ3n) is 3.27. The Hall–Kier alpha value is -0.860. The van der Waals surface area contributed by atoms with Crippen LogP contribution < -0.4 is 10.1 Å². The summed E-state index contributed by atoms with van der Waals surface area (Å²) in [5, 5.41) is 3.73. The number of benzene rings is 1. The summed E-state index contributed by atoms with van der Waals surface area (Å²) in [6, 6.07) is 7.04. The first-order chi connectivity index (χ1) is 10.00. The van der Waals surface area contributed by atoms with Crippen molar-refractivity contribution in [2.24, 2.45) is 0 Å². The van der Waals surface area contributed by atoms with Crippen LogP contribution in [0, 0.1) is 0 Å². The standard InChI is InChI=1S/C13H20ClN3O3S/c1-16(21(18,19)17-7-5-15-6-8-17)9-10-20-13-4-2-3-12(14)11-13/h2-4,11,15H,5-10H2,1H3. The minimum atomic E-state index is -3.40. The number of nitrogens with zero attached hydrogens (tertiary/aromatic N) is 2. The Morgan fingerprint density at radius 3 is 2.76 bits per heavy atom. The van der Waals surface area contributed by atoms with Gasteiger partial charge in [-0.05, 0) is 18.2 Å². The van der Waals surface area contributed by atoms with Gasteiger partial charge in [-0.3, -0.25) is 0 Å². The van der Waals surface area contributed by atoms with Gasteiger partial charge in [0, 0.05) is 44.8 Å². The first kappa shape index (κ1) is 16.5. The van der Waals surface area contributed by atoms with Gasteiger partial charge in [-0.15, -0.1) is 0 Å². The average molecular weight is 334 g/mol. The molecule has 1 fully saturated rings. The number of ether oxygens (including phenoxy) is 1.